The number of hydrogen-bond acceptors (Lipinski definition) is 4. The van der Waals surface area contributed by atoms with Gasteiger partial charge >= 0.3 is 0 Å². The van der Waals surface area contributed by atoms with Crippen LogP contribution in [0.25, 0.3) is 0 Å². The molecule has 0 aliphatic rings. The summed E-state index contributed by atoms with van der Waals surface area (Å²) in [7, 11) is 3.17. The molecule has 19 heavy (non-hydrogen) atoms. The molecule has 0 radical (unpaired) electrons. The van der Waals surface area contributed by atoms with E-state index in [4.69, 9.17) is 9.47 Å². The topological polar surface area (TPSA) is 50.7 Å². The van der Waals surface area contributed by atoms with Gasteiger partial charge in [-0.05, 0) is 35.0 Å². The van der Waals surface area contributed by atoms with Crippen molar-refractivity contribution in [3.05, 3.63) is 22.2 Å². The van der Waals surface area contributed by atoms with Crippen LogP contribution in [-0.2, 0) is 5.60 Å². The Kier molecular flexibility index (Phi) is 5.64. The zero-order valence-electron chi connectivity index (χ0n) is 12.1. The van der Waals surface area contributed by atoms with E-state index in [1.165, 1.54) is 0 Å². The van der Waals surface area contributed by atoms with Gasteiger partial charge in [-0.1, -0.05) is 13.8 Å². The predicted octanol–water partition coefficient (Wildman–Crippen LogP) is 2.67. The maximum Gasteiger partial charge on any atom is 0.142 e. The van der Waals surface area contributed by atoms with Crippen molar-refractivity contribution in [2.45, 2.75) is 32.4 Å². The fourth-order valence-corrected chi connectivity index (χ4v) is 2.49. The van der Waals surface area contributed by atoms with E-state index < -0.39 is 5.60 Å². The van der Waals surface area contributed by atoms with Gasteiger partial charge in [0.1, 0.15) is 21.6 Å². The van der Waals surface area contributed by atoms with E-state index in [9.17, 15) is 5.11 Å². The zero-order chi connectivity index (χ0) is 14.6. The second kappa shape index (κ2) is 6.59. The summed E-state index contributed by atoms with van der Waals surface area (Å²) in [5.41, 5.74) is -0.305. The van der Waals surface area contributed by atoms with E-state index in [0.29, 0.717) is 28.6 Å². The molecule has 4 nitrogen and oxygen atoms in total. The van der Waals surface area contributed by atoms with E-state index in [-0.39, 0.29) is 0 Å². The molecule has 0 fully saturated rings. The highest BCUT2D eigenvalue weighted by molar-refractivity contribution is 9.10. The van der Waals surface area contributed by atoms with Crippen LogP contribution in [0, 0.1) is 0 Å². The second-order valence-electron chi connectivity index (χ2n) is 4.97. The van der Waals surface area contributed by atoms with E-state index in [1.54, 1.807) is 21.1 Å². The van der Waals surface area contributed by atoms with Gasteiger partial charge in [0, 0.05) is 18.2 Å². The van der Waals surface area contributed by atoms with E-state index >= 15 is 0 Å². The summed E-state index contributed by atoms with van der Waals surface area (Å²) in [6.07, 6.45) is 0. The average molecular weight is 332 g/mol. The third kappa shape index (κ3) is 3.84. The summed E-state index contributed by atoms with van der Waals surface area (Å²) in [6.45, 7) is 6.29. The average Bonchev–Trinajstić information content (AvgIpc) is 2.36. The van der Waals surface area contributed by atoms with Gasteiger partial charge in [-0.2, -0.15) is 0 Å². The first-order valence-electron chi connectivity index (χ1n) is 6.20. The quantitative estimate of drug-likeness (QED) is 0.841. The van der Waals surface area contributed by atoms with Crippen molar-refractivity contribution < 1.29 is 14.6 Å². The third-order valence-corrected chi connectivity index (χ3v) is 3.67. The van der Waals surface area contributed by atoms with E-state index in [2.05, 4.69) is 21.2 Å². The molecule has 5 heteroatoms. The largest absolute Gasteiger partial charge is 0.495 e. The van der Waals surface area contributed by atoms with Gasteiger partial charge in [0.25, 0.3) is 0 Å². The molecule has 0 bridgehead atoms. The second-order valence-corrected chi connectivity index (χ2v) is 5.77. The summed E-state index contributed by atoms with van der Waals surface area (Å²) in [4.78, 5) is 0. The Labute approximate surface area is 123 Å². The lowest BCUT2D eigenvalue weighted by Crippen LogP contribution is -2.38. The van der Waals surface area contributed by atoms with Gasteiger partial charge in [-0.15, -0.1) is 0 Å². The Hall–Kier alpha value is -0.780. The normalized spacial score (nSPS) is 14.3. The molecule has 1 atom stereocenters. The lowest BCUT2D eigenvalue weighted by Gasteiger charge is -2.28. The highest BCUT2D eigenvalue weighted by atomic mass is 79.9. The molecule has 0 aromatic heterocycles. The van der Waals surface area contributed by atoms with Crippen LogP contribution in [0.5, 0.6) is 11.5 Å². The molecule has 1 aromatic carbocycles. The molecule has 1 unspecified atom stereocenters. The number of aliphatic hydroxyl groups is 1. The van der Waals surface area contributed by atoms with Crippen molar-refractivity contribution in [1.29, 1.82) is 0 Å². The SMILES string of the molecule is COc1ccc(C(C)(O)CNC(C)C)c(OC)c1Br. The summed E-state index contributed by atoms with van der Waals surface area (Å²) in [6, 6.07) is 3.94. The Bertz CT molecular complexity index is 433. The van der Waals surface area contributed by atoms with Gasteiger partial charge in [-0.3, -0.25) is 0 Å². The first-order chi connectivity index (χ1) is 8.83. The number of benzene rings is 1. The number of methoxy groups -OCH3 is 2. The molecule has 0 amide bonds. The van der Waals surface area contributed by atoms with Crippen LogP contribution < -0.4 is 14.8 Å². The van der Waals surface area contributed by atoms with Crippen LogP contribution in [0.3, 0.4) is 0 Å². The first-order valence-corrected chi connectivity index (χ1v) is 6.99. The number of rotatable bonds is 6. The van der Waals surface area contributed by atoms with Crippen LogP contribution in [-0.4, -0.2) is 31.9 Å². The van der Waals surface area contributed by atoms with Crippen LogP contribution in [0.1, 0.15) is 26.3 Å². The van der Waals surface area contributed by atoms with Crippen LogP contribution in [0.15, 0.2) is 16.6 Å². The Balaban J connectivity index is 3.15. The molecular formula is C14H22BrNO3. The standard InChI is InChI=1S/C14H22BrNO3/c1-9(2)16-8-14(3,17)10-6-7-11(18-4)12(15)13(10)19-5/h6-7,9,16-17H,8H2,1-5H3. The molecular weight excluding hydrogens is 310 g/mol. The molecule has 0 heterocycles. The van der Waals surface area contributed by atoms with E-state index in [0.717, 1.165) is 5.56 Å². The Morgan fingerprint density at radius 1 is 1.32 bits per heavy atom. The maximum absolute atomic E-state index is 10.6. The van der Waals surface area contributed by atoms with Gasteiger partial charge in [-0.25, -0.2) is 0 Å². The summed E-state index contributed by atoms with van der Waals surface area (Å²) >= 11 is 3.44. The Morgan fingerprint density at radius 3 is 2.42 bits per heavy atom. The third-order valence-electron chi connectivity index (χ3n) is 2.92. The maximum atomic E-state index is 10.6. The predicted molar refractivity (Wildman–Crippen MR) is 80.0 cm³/mol. The fourth-order valence-electron chi connectivity index (χ4n) is 1.82. The minimum absolute atomic E-state index is 0.305. The molecule has 1 aromatic rings. The van der Waals surface area contributed by atoms with Gasteiger partial charge in [0.15, 0.2) is 0 Å². The van der Waals surface area contributed by atoms with Crippen LogP contribution in [0.4, 0.5) is 0 Å². The van der Waals surface area contributed by atoms with Crippen molar-refractivity contribution in [1.82, 2.24) is 5.32 Å². The van der Waals surface area contributed by atoms with Gasteiger partial charge in [0.05, 0.1) is 14.2 Å². The van der Waals surface area contributed by atoms with Crippen molar-refractivity contribution in [2.24, 2.45) is 0 Å². The fraction of sp³-hybridized carbons (Fsp3) is 0.571. The number of halogens is 1. The van der Waals surface area contributed by atoms with Crippen molar-refractivity contribution in [3.8, 4) is 11.5 Å². The Morgan fingerprint density at radius 2 is 1.95 bits per heavy atom. The van der Waals surface area contributed by atoms with Crippen molar-refractivity contribution in [2.75, 3.05) is 20.8 Å². The first kappa shape index (κ1) is 16.3. The lowest BCUT2D eigenvalue weighted by molar-refractivity contribution is 0.0522. The molecule has 0 saturated heterocycles. The summed E-state index contributed by atoms with van der Waals surface area (Å²) in [5.74, 6) is 1.27. The zero-order valence-corrected chi connectivity index (χ0v) is 13.7. The minimum atomic E-state index is -1.02. The molecule has 0 spiro atoms. The number of hydrogen-bond donors (Lipinski definition) is 2. The molecule has 1 rings (SSSR count). The van der Waals surface area contributed by atoms with E-state index in [1.807, 2.05) is 26.0 Å². The lowest BCUT2D eigenvalue weighted by atomic mass is 9.94. The van der Waals surface area contributed by atoms with Gasteiger partial charge in [0.2, 0.25) is 0 Å². The molecule has 2 N–H and O–H groups in total. The van der Waals surface area contributed by atoms with Gasteiger partial charge < -0.3 is 19.9 Å². The number of nitrogens with one attached hydrogen (secondary N) is 1. The monoisotopic (exact) mass is 331 g/mol. The van der Waals surface area contributed by atoms with Crippen LogP contribution >= 0.6 is 15.9 Å². The van der Waals surface area contributed by atoms with Crippen molar-refractivity contribution in [3.63, 3.8) is 0 Å². The molecule has 0 aliphatic carbocycles. The summed E-state index contributed by atoms with van der Waals surface area (Å²) < 4.78 is 11.3. The molecule has 0 saturated carbocycles. The van der Waals surface area contributed by atoms with Crippen molar-refractivity contribution >= 4 is 15.9 Å². The highest BCUT2D eigenvalue weighted by Gasteiger charge is 2.29. The smallest absolute Gasteiger partial charge is 0.142 e. The minimum Gasteiger partial charge on any atom is -0.495 e. The number of ether oxygens (including phenoxy) is 2. The summed E-state index contributed by atoms with van der Waals surface area (Å²) in [5, 5.41) is 13.9. The van der Waals surface area contributed by atoms with Crippen LogP contribution in [0.2, 0.25) is 0 Å². The molecule has 0 aliphatic heterocycles. The molecule has 108 valence electrons. The highest BCUT2D eigenvalue weighted by Crippen LogP contribution is 2.41.